The van der Waals surface area contributed by atoms with E-state index in [-0.39, 0.29) is 11.2 Å². The van der Waals surface area contributed by atoms with Crippen LogP contribution in [-0.2, 0) is 9.53 Å². The zero-order valence-electron chi connectivity index (χ0n) is 7.31. The molecule has 0 aromatic heterocycles. The number of ether oxygens (including phenoxy) is 1. The predicted octanol–water partition coefficient (Wildman–Crippen LogP) is 1.91. The van der Waals surface area contributed by atoms with E-state index < -0.39 is 0 Å². The molecule has 0 spiro atoms. The number of allylic oxidation sites excluding steroid dienone is 2. The van der Waals surface area contributed by atoms with Crippen LogP contribution in [0, 0.1) is 5.41 Å². The molecule has 0 amide bonds. The van der Waals surface area contributed by atoms with Crippen molar-refractivity contribution in [3.63, 3.8) is 0 Å². The van der Waals surface area contributed by atoms with Crippen molar-refractivity contribution in [3.8, 4) is 0 Å². The number of hydrogen-bond acceptors (Lipinski definition) is 2. The maximum absolute atomic E-state index is 11.0. The lowest BCUT2D eigenvalue weighted by Crippen LogP contribution is -2.22. The molecule has 0 saturated carbocycles. The van der Waals surface area contributed by atoms with Crippen LogP contribution < -0.4 is 0 Å². The van der Waals surface area contributed by atoms with Gasteiger partial charge in [-0.15, -0.1) is 0 Å². The van der Waals surface area contributed by atoms with Crippen molar-refractivity contribution in [2.24, 2.45) is 5.41 Å². The summed E-state index contributed by atoms with van der Waals surface area (Å²) >= 11 is 0. The molecular weight excluding hydrogens is 140 g/mol. The molecule has 0 bridgehead atoms. The molecule has 0 unspecified atom stereocenters. The average Bonchev–Trinajstić information content (AvgIpc) is 1.94. The molecule has 0 aliphatic heterocycles. The number of methoxy groups -OCH3 is 1. The lowest BCUT2D eigenvalue weighted by molar-refractivity contribution is -0.116. The zero-order chi connectivity index (χ0) is 8.48. The maximum Gasteiger partial charge on any atom is 0.159 e. The minimum atomic E-state index is 0.0443. The molecule has 1 aliphatic carbocycles. The molecule has 0 N–H and O–H groups in total. The highest BCUT2D eigenvalue weighted by Gasteiger charge is 2.29. The quantitative estimate of drug-likeness (QED) is 0.576. The fourth-order valence-electron chi connectivity index (χ4n) is 1.31. The number of carbonyl (C=O) groups excluding carboxylic acids is 1. The van der Waals surface area contributed by atoms with E-state index in [2.05, 4.69) is 13.8 Å². The second-order valence-electron chi connectivity index (χ2n) is 3.56. The van der Waals surface area contributed by atoms with Crippen LogP contribution in [-0.4, -0.2) is 12.9 Å². The van der Waals surface area contributed by atoms with E-state index in [1.807, 2.05) is 0 Å². The van der Waals surface area contributed by atoms with Gasteiger partial charge in [0.25, 0.3) is 0 Å². The van der Waals surface area contributed by atoms with Gasteiger partial charge in [-0.05, 0) is 6.42 Å². The van der Waals surface area contributed by atoms with Gasteiger partial charge in [-0.3, -0.25) is 4.79 Å². The summed E-state index contributed by atoms with van der Waals surface area (Å²) in [4.78, 5) is 11.0. The average molecular weight is 154 g/mol. The highest BCUT2D eigenvalue weighted by Crippen LogP contribution is 2.35. The molecule has 0 fully saturated rings. The summed E-state index contributed by atoms with van der Waals surface area (Å²) in [5.74, 6) is 0.995. The predicted molar refractivity (Wildman–Crippen MR) is 43.1 cm³/mol. The summed E-state index contributed by atoms with van der Waals surface area (Å²) in [5, 5.41) is 0. The van der Waals surface area contributed by atoms with Crippen LogP contribution in [0.3, 0.4) is 0 Å². The molecule has 2 nitrogen and oxygen atoms in total. The fourth-order valence-corrected chi connectivity index (χ4v) is 1.31. The van der Waals surface area contributed by atoms with Crippen molar-refractivity contribution in [2.75, 3.05) is 7.11 Å². The molecule has 0 atom stereocenters. The Morgan fingerprint density at radius 2 is 2.18 bits per heavy atom. The van der Waals surface area contributed by atoms with Gasteiger partial charge < -0.3 is 4.74 Å². The van der Waals surface area contributed by atoms with Crippen LogP contribution in [0.5, 0.6) is 0 Å². The lowest BCUT2D eigenvalue weighted by atomic mass is 9.80. The molecule has 11 heavy (non-hydrogen) atoms. The van der Waals surface area contributed by atoms with Gasteiger partial charge in [0.1, 0.15) is 5.76 Å². The summed E-state index contributed by atoms with van der Waals surface area (Å²) in [7, 11) is 1.62. The first-order valence-electron chi connectivity index (χ1n) is 3.85. The summed E-state index contributed by atoms with van der Waals surface area (Å²) in [6.07, 6.45) is 3.16. The molecule has 0 heterocycles. The van der Waals surface area contributed by atoms with Crippen molar-refractivity contribution >= 4 is 5.78 Å². The highest BCUT2D eigenvalue weighted by molar-refractivity contribution is 5.91. The number of ketones is 1. The maximum atomic E-state index is 11.0. The van der Waals surface area contributed by atoms with Crippen LogP contribution in [0.15, 0.2) is 11.8 Å². The normalized spacial score (nSPS) is 22.8. The Morgan fingerprint density at radius 1 is 1.55 bits per heavy atom. The smallest absolute Gasteiger partial charge is 0.159 e. The van der Waals surface area contributed by atoms with Crippen molar-refractivity contribution in [2.45, 2.75) is 26.7 Å². The standard InChI is InChI=1S/C9H14O2/c1-9(2)5-4-7(10)6-8(9)11-3/h6H,4-5H2,1-3H3. The van der Waals surface area contributed by atoms with E-state index >= 15 is 0 Å². The second-order valence-corrected chi connectivity index (χ2v) is 3.56. The summed E-state index contributed by atoms with van der Waals surface area (Å²) in [6, 6.07) is 0. The third-order valence-electron chi connectivity index (χ3n) is 2.18. The molecule has 2 heteroatoms. The van der Waals surface area contributed by atoms with Gasteiger partial charge in [0.15, 0.2) is 5.78 Å². The van der Waals surface area contributed by atoms with Crippen LogP contribution in [0.2, 0.25) is 0 Å². The monoisotopic (exact) mass is 154 g/mol. The minimum Gasteiger partial charge on any atom is -0.500 e. The van der Waals surface area contributed by atoms with Gasteiger partial charge in [0.2, 0.25) is 0 Å². The molecule has 1 aliphatic rings. The Hall–Kier alpha value is -0.790. The third kappa shape index (κ3) is 1.62. The summed E-state index contributed by atoms with van der Waals surface area (Å²) in [6.45, 7) is 4.18. The molecule has 0 saturated heterocycles. The SMILES string of the molecule is COC1=CC(=O)CCC1(C)C. The van der Waals surface area contributed by atoms with E-state index in [1.165, 1.54) is 0 Å². The second kappa shape index (κ2) is 2.68. The van der Waals surface area contributed by atoms with E-state index in [1.54, 1.807) is 13.2 Å². The lowest BCUT2D eigenvalue weighted by Gasteiger charge is -2.29. The first kappa shape index (κ1) is 8.31. The van der Waals surface area contributed by atoms with Gasteiger partial charge in [-0.25, -0.2) is 0 Å². The number of rotatable bonds is 1. The van der Waals surface area contributed by atoms with Crippen LogP contribution in [0.1, 0.15) is 26.7 Å². The summed E-state index contributed by atoms with van der Waals surface area (Å²) < 4.78 is 5.12. The van der Waals surface area contributed by atoms with Crippen molar-refractivity contribution in [1.29, 1.82) is 0 Å². The van der Waals surface area contributed by atoms with Crippen molar-refractivity contribution < 1.29 is 9.53 Å². The Kier molecular flexibility index (Phi) is 2.03. The molecule has 1 rings (SSSR count). The van der Waals surface area contributed by atoms with Crippen LogP contribution in [0.4, 0.5) is 0 Å². The number of hydrogen-bond donors (Lipinski definition) is 0. The Morgan fingerprint density at radius 3 is 2.64 bits per heavy atom. The fraction of sp³-hybridized carbons (Fsp3) is 0.667. The highest BCUT2D eigenvalue weighted by atomic mass is 16.5. The van der Waals surface area contributed by atoms with Crippen LogP contribution >= 0.6 is 0 Å². The van der Waals surface area contributed by atoms with Gasteiger partial charge in [-0.2, -0.15) is 0 Å². The molecule has 62 valence electrons. The largest absolute Gasteiger partial charge is 0.500 e. The van der Waals surface area contributed by atoms with Crippen LogP contribution in [0.25, 0.3) is 0 Å². The van der Waals surface area contributed by atoms with Gasteiger partial charge >= 0.3 is 0 Å². The first-order valence-corrected chi connectivity index (χ1v) is 3.85. The van der Waals surface area contributed by atoms with E-state index in [0.29, 0.717) is 6.42 Å². The Bertz CT molecular complexity index is 202. The molecule has 0 radical (unpaired) electrons. The van der Waals surface area contributed by atoms with Gasteiger partial charge in [-0.1, -0.05) is 13.8 Å². The van der Waals surface area contributed by atoms with Crippen molar-refractivity contribution in [3.05, 3.63) is 11.8 Å². The van der Waals surface area contributed by atoms with E-state index in [4.69, 9.17) is 4.74 Å². The molecule has 0 aromatic carbocycles. The summed E-state index contributed by atoms with van der Waals surface area (Å²) in [5.41, 5.74) is 0.0443. The van der Waals surface area contributed by atoms with Crippen molar-refractivity contribution in [1.82, 2.24) is 0 Å². The third-order valence-corrected chi connectivity index (χ3v) is 2.18. The van der Waals surface area contributed by atoms with Gasteiger partial charge in [0, 0.05) is 17.9 Å². The molecular formula is C9H14O2. The minimum absolute atomic E-state index is 0.0443. The van der Waals surface area contributed by atoms with E-state index in [0.717, 1.165) is 12.2 Å². The van der Waals surface area contributed by atoms with E-state index in [9.17, 15) is 4.79 Å². The Labute approximate surface area is 67.2 Å². The van der Waals surface area contributed by atoms with Gasteiger partial charge in [0.05, 0.1) is 7.11 Å². The number of carbonyl (C=O) groups is 1. The topological polar surface area (TPSA) is 26.3 Å². The zero-order valence-corrected chi connectivity index (χ0v) is 7.31. The Balaban J connectivity index is 2.89. The molecule has 0 aromatic rings. The first-order chi connectivity index (χ1) is 5.06.